The highest BCUT2D eigenvalue weighted by Crippen LogP contribution is 2.33. The van der Waals surface area contributed by atoms with E-state index in [2.05, 4.69) is 15.5 Å². The number of carbonyl (C=O) groups excluding carboxylic acids is 1. The van der Waals surface area contributed by atoms with Gasteiger partial charge in [0.1, 0.15) is 0 Å². The van der Waals surface area contributed by atoms with Crippen LogP contribution in [0.15, 0.2) is 64.5 Å². The Kier molecular flexibility index (Phi) is 5.55. The number of nitrogens with zero attached hydrogens (tertiary/aromatic N) is 7. The number of halogens is 1. The highest BCUT2D eigenvalue weighted by Gasteiger charge is 2.35. The van der Waals surface area contributed by atoms with Crippen molar-refractivity contribution in [2.75, 3.05) is 11.4 Å². The van der Waals surface area contributed by atoms with Crippen molar-refractivity contribution < 1.29 is 4.79 Å². The first kappa shape index (κ1) is 21.5. The van der Waals surface area contributed by atoms with Gasteiger partial charge in [0.05, 0.1) is 16.6 Å². The molecule has 1 atom stereocenters. The van der Waals surface area contributed by atoms with E-state index < -0.39 is 0 Å². The fraction of sp³-hybridized carbons (Fsp3) is 0.227. The number of rotatable bonds is 5. The topological polar surface area (TPSA) is 90.8 Å². The molecule has 4 aromatic rings. The summed E-state index contributed by atoms with van der Waals surface area (Å²) < 4.78 is 4.77. The van der Waals surface area contributed by atoms with Gasteiger partial charge in [0.15, 0.2) is 5.69 Å². The monoisotopic (exact) mass is 481 g/mol. The van der Waals surface area contributed by atoms with Crippen molar-refractivity contribution in [1.29, 1.82) is 0 Å². The molecule has 168 valence electrons. The van der Waals surface area contributed by atoms with Gasteiger partial charge in [-0.1, -0.05) is 47.6 Å². The first-order valence-corrected chi connectivity index (χ1v) is 11.6. The second-order valence-electron chi connectivity index (χ2n) is 7.65. The Hall–Kier alpha value is -3.37. The van der Waals surface area contributed by atoms with Crippen LogP contribution < -0.4 is 10.5 Å². The number of carbonyl (C=O) groups is 1. The lowest BCUT2D eigenvalue weighted by molar-refractivity contribution is -0.116. The van der Waals surface area contributed by atoms with E-state index in [-0.39, 0.29) is 16.7 Å². The van der Waals surface area contributed by atoms with Crippen LogP contribution in [0.25, 0.3) is 11.4 Å². The zero-order valence-corrected chi connectivity index (χ0v) is 19.5. The molecule has 1 unspecified atom stereocenters. The average Bonchev–Trinajstić information content (AvgIpc) is 3.47. The predicted octanol–water partition coefficient (Wildman–Crippen LogP) is 3.01. The first-order chi connectivity index (χ1) is 16.0. The molecule has 3 heterocycles. The molecule has 1 aliphatic rings. The average molecular weight is 482 g/mol. The van der Waals surface area contributed by atoms with E-state index in [0.717, 1.165) is 11.4 Å². The Morgan fingerprint density at radius 1 is 1.06 bits per heavy atom. The van der Waals surface area contributed by atoms with Crippen molar-refractivity contribution in [3.8, 4) is 11.4 Å². The first-order valence-electron chi connectivity index (χ1n) is 10.3. The van der Waals surface area contributed by atoms with Crippen LogP contribution in [0.1, 0.15) is 12.1 Å². The summed E-state index contributed by atoms with van der Waals surface area (Å²) in [6.07, 6.45) is 0.630. The smallest absolute Gasteiger partial charge is 0.297 e. The standard InChI is InChI=1S/C22H20ClN7O2S/c1-14-19(21(32)30(27(14)2)16-8-4-3-5-9-16)29-22(24-25-26-29)33-18-11-12-28(20(18)31)17-10-6-7-15(23)13-17/h3-10,13,18H,11-12H2,1-2H3. The van der Waals surface area contributed by atoms with Gasteiger partial charge in [0, 0.05) is 24.3 Å². The van der Waals surface area contributed by atoms with Crippen molar-refractivity contribution in [1.82, 2.24) is 29.6 Å². The number of aromatic nitrogens is 6. The van der Waals surface area contributed by atoms with Crippen LogP contribution in [0.3, 0.4) is 0 Å². The van der Waals surface area contributed by atoms with Gasteiger partial charge in [-0.3, -0.25) is 14.3 Å². The molecule has 1 saturated heterocycles. The lowest BCUT2D eigenvalue weighted by Crippen LogP contribution is -2.28. The number of thioether (sulfide) groups is 1. The number of tetrazole rings is 1. The van der Waals surface area contributed by atoms with Crippen LogP contribution in [0, 0.1) is 6.92 Å². The summed E-state index contributed by atoms with van der Waals surface area (Å²) in [7, 11) is 1.81. The predicted molar refractivity (Wildman–Crippen MR) is 127 cm³/mol. The summed E-state index contributed by atoms with van der Waals surface area (Å²) in [5.74, 6) is -0.0386. The molecule has 1 fully saturated rings. The van der Waals surface area contributed by atoms with Crippen LogP contribution in [0.2, 0.25) is 5.02 Å². The zero-order valence-electron chi connectivity index (χ0n) is 17.9. The highest BCUT2D eigenvalue weighted by molar-refractivity contribution is 8.00. The Labute approximate surface area is 198 Å². The number of amides is 1. The van der Waals surface area contributed by atoms with Crippen molar-refractivity contribution in [3.63, 3.8) is 0 Å². The number of benzene rings is 2. The molecule has 1 amide bonds. The maximum absolute atomic E-state index is 13.4. The molecule has 11 heteroatoms. The van der Waals surface area contributed by atoms with E-state index in [4.69, 9.17) is 11.6 Å². The third-order valence-corrected chi connectivity index (χ3v) is 7.12. The Bertz CT molecular complexity index is 1400. The summed E-state index contributed by atoms with van der Waals surface area (Å²) in [5.41, 5.74) is 2.32. The highest BCUT2D eigenvalue weighted by atomic mass is 35.5. The minimum Gasteiger partial charge on any atom is -0.311 e. The van der Waals surface area contributed by atoms with Crippen molar-refractivity contribution in [2.45, 2.75) is 23.8 Å². The minimum atomic E-state index is -0.367. The van der Waals surface area contributed by atoms with E-state index in [1.807, 2.05) is 56.4 Å². The zero-order chi connectivity index (χ0) is 23.1. The summed E-state index contributed by atoms with van der Waals surface area (Å²) in [5, 5.41) is 12.6. The molecule has 0 bridgehead atoms. The fourth-order valence-electron chi connectivity index (χ4n) is 3.98. The molecule has 1 aliphatic heterocycles. The van der Waals surface area contributed by atoms with Crippen molar-refractivity contribution in [3.05, 3.63) is 75.7 Å². The second-order valence-corrected chi connectivity index (χ2v) is 9.25. The van der Waals surface area contributed by atoms with Gasteiger partial charge in [0.2, 0.25) is 11.1 Å². The summed E-state index contributed by atoms with van der Waals surface area (Å²) >= 11 is 7.36. The number of hydrogen-bond donors (Lipinski definition) is 0. The third kappa shape index (κ3) is 3.75. The van der Waals surface area contributed by atoms with Gasteiger partial charge in [-0.05, 0) is 54.1 Å². The van der Waals surface area contributed by atoms with Gasteiger partial charge >= 0.3 is 0 Å². The van der Waals surface area contributed by atoms with Crippen molar-refractivity contribution >= 4 is 35.0 Å². The molecule has 0 saturated carbocycles. The van der Waals surface area contributed by atoms with E-state index in [9.17, 15) is 9.59 Å². The molecule has 9 nitrogen and oxygen atoms in total. The second kappa shape index (κ2) is 8.53. The van der Waals surface area contributed by atoms with Crippen LogP contribution in [0.4, 0.5) is 5.69 Å². The molecule has 2 aromatic carbocycles. The van der Waals surface area contributed by atoms with Gasteiger partial charge in [-0.25, -0.2) is 4.68 Å². The van der Waals surface area contributed by atoms with E-state index in [0.29, 0.717) is 34.5 Å². The van der Waals surface area contributed by atoms with Crippen LogP contribution in [-0.2, 0) is 11.8 Å². The Morgan fingerprint density at radius 2 is 1.82 bits per heavy atom. The lowest BCUT2D eigenvalue weighted by Gasteiger charge is -2.16. The van der Waals surface area contributed by atoms with Crippen molar-refractivity contribution in [2.24, 2.45) is 7.05 Å². The molecule has 0 N–H and O–H groups in total. The minimum absolute atomic E-state index is 0.0386. The normalized spacial score (nSPS) is 16.0. The largest absolute Gasteiger partial charge is 0.311 e. The number of anilines is 1. The van der Waals surface area contributed by atoms with E-state index in [1.54, 1.807) is 26.4 Å². The fourth-order valence-corrected chi connectivity index (χ4v) is 5.18. The van der Waals surface area contributed by atoms with Gasteiger partial charge in [0.25, 0.3) is 5.56 Å². The maximum atomic E-state index is 13.4. The molecular weight excluding hydrogens is 462 g/mol. The quantitative estimate of drug-likeness (QED) is 0.435. The maximum Gasteiger partial charge on any atom is 0.297 e. The van der Waals surface area contributed by atoms with Crippen LogP contribution in [-0.4, -0.2) is 47.3 Å². The molecule has 0 spiro atoms. The molecule has 5 rings (SSSR count). The lowest BCUT2D eigenvalue weighted by atomic mass is 10.3. The summed E-state index contributed by atoms with van der Waals surface area (Å²) in [6, 6.07) is 16.6. The van der Waals surface area contributed by atoms with Gasteiger partial charge in [-0.2, -0.15) is 4.68 Å². The molecule has 2 aromatic heterocycles. The number of para-hydroxylation sites is 1. The molecule has 33 heavy (non-hydrogen) atoms. The van der Waals surface area contributed by atoms with Gasteiger partial charge in [-0.15, -0.1) is 5.10 Å². The SMILES string of the molecule is Cc1c(-n2nnnc2SC2CCN(c3cccc(Cl)c3)C2=O)c(=O)n(-c2ccccc2)n1C. The van der Waals surface area contributed by atoms with Gasteiger partial charge < -0.3 is 4.90 Å². The Balaban J connectivity index is 1.46. The third-order valence-electron chi connectivity index (χ3n) is 5.70. The van der Waals surface area contributed by atoms with E-state index >= 15 is 0 Å². The van der Waals surface area contributed by atoms with Crippen LogP contribution >= 0.6 is 23.4 Å². The summed E-state index contributed by atoms with van der Waals surface area (Å²) in [6.45, 7) is 2.41. The molecule has 0 radical (unpaired) electrons. The Morgan fingerprint density at radius 3 is 2.58 bits per heavy atom. The van der Waals surface area contributed by atoms with Crippen LogP contribution in [0.5, 0.6) is 0 Å². The number of hydrogen-bond acceptors (Lipinski definition) is 6. The molecule has 0 aliphatic carbocycles. The molecular formula is C22H20ClN7O2S. The van der Waals surface area contributed by atoms with E-state index in [1.165, 1.54) is 16.4 Å². The summed E-state index contributed by atoms with van der Waals surface area (Å²) in [4.78, 5) is 28.2.